The van der Waals surface area contributed by atoms with E-state index in [1.54, 1.807) is 48.5 Å². The van der Waals surface area contributed by atoms with Crippen LogP contribution in [0, 0.1) is 0 Å². The molecule has 6 N–H and O–H groups in total. The van der Waals surface area contributed by atoms with Gasteiger partial charge in [0.25, 0.3) is 0 Å². The molecule has 6 aliphatic heterocycles. The minimum atomic E-state index is -0.356. The first-order chi connectivity index (χ1) is 47.6. The molecule has 0 bridgehead atoms. The van der Waals surface area contributed by atoms with Gasteiger partial charge in [0, 0.05) is 156 Å². The Morgan fingerprint density at radius 3 is 0.558 bits per heavy atom. The van der Waals surface area contributed by atoms with E-state index in [0.717, 1.165) is 127 Å². The standard InChI is InChI=1S/C32H44N2O4.C28H52N2O4.C26H40N2O4/c1-29(2)17-25(18-30(3,4)33-29)37-27(35)23-13-9-21(10-14-23)22-11-15-24(16-12-22)28(36)38-26-19-31(5,6)34-32(7,8)20-26;1-25(2)17-21(18-26(3,4)29-25)33-23(31)15-13-11-9-10-12-14-16-24(32)34-22-19-27(5,6)30-28(7,8)20-22;1-23(2)13-19(14-24(3,4)27-23)31-21(29)17-9-11-18(12-10-17)22(30)32-20-15-25(5,6)28-26(7,8)16-20/h9-16,25-26,33-34H,17-20H2,1-8H3;21-22,29-30H,9-20H2,1-8H3;9-12,19-20,27-28H,13-16H2,1-8H3. The molecule has 6 saturated heterocycles. The molecule has 0 amide bonds. The third kappa shape index (κ3) is 28.4. The van der Waals surface area contributed by atoms with Crippen molar-refractivity contribution in [2.45, 2.75) is 398 Å². The van der Waals surface area contributed by atoms with Crippen molar-refractivity contribution in [3.63, 3.8) is 0 Å². The number of hydrogen-bond donors (Lipinski definition) is 6. The molecule has 18 heteroatoms. The molecular formula is C86H136N6O12. The Hall–Kier alpha value is -5.76. The number of ether oxygens (including phenoxy) is 6. The zero-order chi connectivity index (χ0) is 77.5. The monoisotopic (exact) mass is 1450 g/mol. The van der Waals surface area contributed by atoms with Crippen molar-refractivity contribution in [2.24, 2.45) is 0 Å². The molecule has 0 saturated carbocycles. The van der Waals surface area contributed by atoms with Crippen molar-refractivity contribution >= 4 is 35.8 Å². The number of esters is 6. The molecule has 18 nitrogen and oxygen atoms in total. The highest BCUT2D eigenvalue weighted by Crippen LogP contribution is 2.38. The van der Waals surface area contributed by atoms with Crippen molar-refractivity contribution < 1.29 is 57.2 Å². The Labute approximate surface area is 625 Å². The number of benzene rings is 3. The van der Waals surface area contributed by atoms with Crippen LogP contribution in [-0.2, 0) is 38.0 Å². The van der Waals surface area contributed by atoms with Gasteiger partial charge in [0.1, 0.15) is 36.6 Å². The van der Waals surface area contributed by atoms with E-state index in [1.165, 1.54) is 0 Å². The van der Waals surface area contributed by atoms with Crippen LogP contribution in [0.3, 0.4) is 0 Å². The third-order valence-electron chi connectivity index (χ3n) is 20.6. The maximum absolute atomic E-state index is 12.8. The summed E-state index contributed by atoms with van der Waals surface area (Å²) >= 11 is 0. The number of piperidine rings is 6. The van der Waals surface area contributed by atoms with Gasteiger partial charge in [-0.1, -0.05) is 49.9 Å². The molecular weight excluding hydrogens is 1310 g/mol. The van der Waals surface area contributed by atoms with Crippen LogP contribution >= 0.6 is 0 Å². The van der Waals surface area contributed by atoms with Gasteiger partial charge in [-0.3, -0.25) is 9.59 Å². The smallest absolute Gasteiger partial charge is 0.338 e. The van der Waals surface area contributed by atoms with Crippen molar-refractivity contribution in [2.75, 3.05) is 0 Å². The summed E-state index contributed by atoms with van der Waals surface area (Å²) in [6.45, 7) is 51.5. The van der Waals surface area contributed by atoms with Gasteiger partial charge in [0.05, 0.1) is 22.3 Å². The van der Waals surface area contributed by atoms with Gasteiger partial charge in [-0.2, -0.15) is 0 Å². The second-order valence-corrected chi connectivity index (χ2v) is 39.5. The summed E-state index contributed by atoms with van der Waals surface area (Å²) in [5.74, 6) is -1.43. The van der Waals surface area contributed by atoms with E-state index >= 15 is 0 Å². The maximum atomic E-state index is 12.8. The molecule has 6 aliphatic rings. The SMILES string of the molecule is CC1(C)CC(OC(=O)CCCCCCCCC(=O)OC2CC(C)(C)NC(C)(C)C2)CC(C)(C)N1.CC1(C)CC(OC(=O)c2ccc(-c3ccc(C(=O)OC4CC(C)(C)NC(C)(C)C4)cc3)cc2)CC(C)(C)N1.CC1(C)CC(OC(=O)c2ccc(C(=O)OC3CC(C)(C)NC(C)(C)C3)cc2)CC(C)(C)N1. The van der Waals surface area contributed by atoms with Gasteiger partial charge in [0.15, 0.2) is 0 Å². The van der Waals surface area contributed by atoms with Crippen molar-refractivity contribution in [1.29, 1.82) is 0 Å². The fourth-order valence-electron chi connectivity index (χ4n) is 18.8. The number of carbonyl (C=O) groups is 6. The predicted octanol–water partition coefficient (Wildman–Crippen LogP) is 16.7. The lowest BCUT2D eigenvalue weighted by atomic mass is 9.81. The van der Waals surface area contributed by atoms with E-state index in [4.69, 9.17) is 28.4 Å². The fourth-order valence-corrected chi connectivity index (χ4v) is 18.8. The highest BCUT2D eigenvalue weighted by molar-refractivity contribution is 5.94. The molecule has 582 valence electrons. The molecule has 0 aliphatic carbocycles. The number of rotatable bonds is 20. The summed E-state index contributed by atoms with van der Waals surface area (Å²) in [6.07, 6.45) is 16.0. The highest BCUT2D eigenvalue weighted by atomic mass is 16.6. The zero-order valence-electron chi connectivity index (χ0n) is 68.4. The van der Waals surface area contributed by atoms with Gasteiger partial charge >= 0.3 is 35.8 Å². The van der Waals surface area contributed by atoms with Crippen molar-refractivity contribution in [1.82, 2.24) is 31.9 Å². The summed E-state index contributed by atoms with van der Waals surface area (Å²) < 4.78 is 35.0. The lowest BCUT2D eigenvalue weighted by molar-refractivity contribution is -0.154. The summed E-state index contributed by atoms with van der Waals surface area (Å²) in [5, 5.41) is 21.7. The average Bonchev–Trinajstić information content (AvgIpc) is 0.834. The van der Waals surface area contributed by atoms with Crippen LogP contribution in [0.25, 0.3) is 11.1 Å². The van der Waals surface area contributed by atoms with E-state index in [2.05, 4.69) is 198 Å². The van der Waals surface area contributed by atoms with Gasteiger partial charge < -0.3 is 60.3 Å². The summed E-state index contributed by atoms with van der Waals surface area (Å²) in [4.78, 5) is 75.7. The molecule has 6 heterocycles. The van der Waals surface area contributed by atoms with Crippen LogP contribution < -0.4 is 31.9 Å². The lowest BCUT2D eigenvalue weighted by Crippen LogP contribution is -2.59. The van der Waals surface area contributed by atoms with Gasteiger partial charge in [-0.15, -0.1) is 0 Å². The molecule has 0 spiro atoms. The van der Waals surface area contributed by atoms with E-state index < -0.39 is 0 Å². The summed E-state index contributed by atoms with van der Waals surface area (Å²) in [6, 6.07) is 21.5. The molecule has 6 fully saturated rings. The Balaban J connectivity index is 0.000000219. The summed E-state index contributed by atoms with van der Waals surface area (Å²) in [7, 11) is 0. The Bertz CT molecular complexity index is 3080. The first kappa shape index (κ1) is 85.5. The van der Waals surface area contributed by atoms with E-state index in [9.17, 15) is 28.8 Å². The van der Waals surface area contributed by atoms with Crippen LogP contribution in [0.2, 0.25) is 0 Å². The predicted molar refractivity (Wildman–Crippen MR) is 415 cm³/mol. The Morgan fingerprint density at radius 2 is 0.385 bits per heavy atom. The molecule has 0 atom stereocenters. The zero-order valence-corrected chi connectivity index (χ0v) is 68.4. The van der Waals surface area contributed by atoms with Crippen LogP contribution in [0.4, 0.5) is 0 Å². The fraction of sp³-hybridized carbons (Fsp3) is 0.721. The average molecular weight is 1450 g/mol. The van der Waals surface area contributed by atoms with E-state index in [1.807, 2.05) is 24.3 Å². The van der Waals surface area contributed by atoms with Crippen molar-refractivity contribution in [3.8, 4) is 11.1 Å². The first-order valence-electron chi connectivity index (χ1n) is 38.9. The Kier molecular flexibility index (Phi) is 27.4. The molecule has 0 radical (unpaired) electrons. The molecule has 9 rings (SSSR count). The second-order valence-electron chi connectivity index (χ2n) is 39.5. The Morgan fingerprint density at radius 1 is 0.240 bits per heavy atom. The topological polar surface area (TPSA) is 230 Å². The minimum Gasteiger partial charge on any atom is -0.462 e. The largest absolute Gasteiger partial charge is 0.462 e. The normalized spacial score (nSPS) is 23.5. The van der Waals surface area contributed by atoms with Gasteiger partial charge in [-0.05, 0) is 239 Å². The first-order valence-corrected chi connectivity index (χ1v) is 38.9. The molecule has 0 aromatic heterocycles. The van der Waals surface area contributed by atoms with Crippen molar-refractivity contribution in [3.05, 3.63) is 95.1 Å². The second kappa shape index (κ2) is 33.4. The van der Waals surface area contributed by atoms with E-state index in [-0.39, 0.29) is 139 Å². The maximum Gasteiger partial charge on any atom is 0.338 e. The quantitative estimate of drug-likeness (QED) is 0.0351. The molecule has 3 aromatic carbocycles. The molecule has 0 unspecified atom stereocenters. The number of hydrogen-bond acceptors (Lipinski definition) is 18. The highest BCUT2D eigenvalue weighted by Gasteiger charge is 2.45. The molecule has 3 aromatic rings. The lowest BCUT2D eigenvalue weighted by Gasteiger charge is -2.46. The number of unbranched alkanes of at least 4 members (excludes halogenated alkanes) is 5. The number of nitrogens with one attached hydrogen (secondary N) is 6. The third-order valence-corrected chi connectivity index (χ3v) is 20.6. The van der Waals surface area contributed by atoms with Crippen LogP contribution in [0.15, 0.2) is 72.8 Å². The van der Waals surface area contributed by atoms with Crippen LogP contribution in [-0.4, -0.2) is 139 Å². The van der Waals surface area contributed by atoms with Gasteiger partial charge in [0.2, 0.25) is 0 Å². The van der Waals surface area contributed by atoms with Gasteiger partial charge in [-0.25, -0.2) is 19.2 Å². The molecule has 104 heavy (non-hydrogen) atoms. The van der Waals surface area contributed by atoms with E-state index in [0.29, 0.717) is 35.1 Å². The number of carbonyl (C=O) groups excluding carboxylic acids is 6. The minimum absolute atomic E-state index is 0.000484. The van der Waals surface area contributed by atoms with Crippen LogP contribution in [0.1, 0.15) is 336 Å². The summed E-state index contributed by atoms with van der Waals surface area (Å²) in [5.41, 5.74) is 3.09. The van der Waals surface area contributed by atoms with Crippen LogP contribution in [0.5, 0.6) is 0 Å².